The number of aromatic hydroxyl groups is 24. The Labute approximate surface area is 858 Å². The monoisotopic (exact) mass is 2000 g/mol. The molecule has 16 aromatic carbocycles. The van der Waals surface area contributed by atoms with E-state index in [2.05, 4.69) is 194 Å². The van der Waals surface area contributed by atoms with Crippen LogP contribution in [0.15, 0.2) is 291 Å². The van der Waals surface area contributed by atoms with E-state index in [4.69, 9.17) is 0 Å². The molecule has 0 aliphatic heterocycles. The highest BCUT2D eigenvalue weighted by Gasteiger charge is 2.29. The second-order valence-corrected chi connectivity index (χ2v) is 38.9. The summed E-state index contributed by atoms with van der Waals surface area (Å²) < 4.78 is 0. The Morgan fingerprint density at radius 1 is 0.115 bits per heavy atom. The summed E-state index contributed by atoms with van der Waals surface area (Å²) in [6.07, 6.45) is 15.9. The second kappa shape index (κ2) is 48.4. The second-order valence-electron chi connectivity index (χ2n) is 38.9. The van der Waals surface area contributed by atoms with E-state index >= 15 is 0 Å². The molecule has 24 nitrogen and oxygen atoms in total. The fourth-order valence-electron chi connectivity index (χ4n) is 19.5. The maximum absolute atomic E-state index is 10.1. The SMILES string of the molecule is Oc1cc(CCc2ccc(CC[C@@H](Cc3ccc(CCc4cc(O)c(O)c(O)c4)cc3)[C@H](Cc3ccc(CCc4cc(O)c(O)c(O)c4)cc3)c3ccc(CCc4cc(O)c(O)c(O)c4)cc3)cc2)cc(O)c1O.Oc1cc(CCc2ccc(CC[C@H](Cc3ccc(CCc4cc(O)c(O)c(O)c4)cc3)[C@@H](Cc3ccc(CCc4cc(O)c(O)c(O)c4)cc3)c3ccc(CCc4cc(O)c(O)c(O)c4)cc3)cc2)cc(O)c1O. The molecule has 0 radical (unpaired) electrons. The normalized spacial score (nSPS) is 12.2. The van der Waals surface area contributed by atoms with Crippen molar-refractivity contribution in [2.45, 2.75) is 166 Å². The molecule has 0 saturated heterocycles. The molecule has 0 aliphatic rings. The van der Waals surface area contributed by atoms with E-state index < -0.39 is 46.0 Å². The lowest BCUT2D eigenvalue weighted by Gasteiger charge is -2.29. The summed E-state index contributed by atoms with van der Waals surface area (Å²) in [5.74, 6) is -9.68. The maximum atomic E-state index is 10.1. The third-order valence-electron chi connectivity index (χ3n) is 28.3. The van der Waals surface area contributed by atoms with Crippen molar-refractivity contribution < 1.29 is 123 Å². The molecule has 0 aromatic heterocycles. The van der Waals surface area contributed by atoms with Crippen molar-refractivity contribution >= 4 is 0 Å². The zero-order chi connectivity index (χ0) is 105. The van der Waals surface area contributed by atoms with Crippen LogP contribution in [0.4, 0.5) is 0 Å². The molecule has 0 fully saturated rings. The number of phenols is 24. The number of hydrogen-bond acceptors (Lipinski definition) is 24. The number of hydrogen-bond donors (Lipinski definition) is 24. The fourth-order valence-corrected chi connectivity index (χ4v) is 19.5. The Balaban J connectivity index is 0.000000222. The first-order valence-electron chi connectivity index (χ1n) is 49.6. The lowest BCUT2D eigenvalue weighted by Crippen LogP contribution is -2.19. The molecule has 24 N–H and O–H groups in total. The Hall–Kier alpha value is -17.3. The van der Waals surface area contributed by atoms with E-state index in [1.807, 2.05) is 0 Å². The van der Waals surface area contributed by atoms with Gasteiger partial charge in [-0.1, -0.05) is 194 Å². The molecule has 0 amide bonds. The third kappa shape index (κ3) is 28.2. The molecular weight excluding hydrogens is 1870 g/mol. The van der Waals surface area contributed by atoms with Gasteiger partial charge in [0.15, 0.2) is 138 Å². The lowest BCUT2D eigenvalue weighted by atomic mass is 9.75. The van der Waals surface area contributed by atoms with Gasteiger partial charge in [-0.05, 0) is 408 Å². The quantitative estimate of drug-likeness (QED) is 0.0158. The van der Waals surface area contributed by atoms with Gasteiger partial charge in [-0.3, -0.25) is 0 Å². The first-order valence-corrected chi connectivity index (χ1v) is 49.6. The summed E-state index contributed by atoms with van der Waals surface area (Å²) in [7, 11) is 0. The predicted molar refractivity (Wildman–Crippen MR) is 566 cm³/mol. The molecule has 148 heavy (non-hydrogen) atoms. The maximum Gasteiger partial charge on any atom is 0.200 e. The molecule has 16 rings (SSSR count). The highest BCUT2D eigenvalue weighted by molar-refractivity contribution is 5.58. The van der Waals surface area contributed by atoms with Gasteiger partial charge >= 0.3 is 0 Å². The summed E-state index contributed by atoms with van der Waals surface area (Å²) in [6.45, 7) is 0. The van der Waals surface area contributed by atoms with E-state index in [0.717, 1.165) is 107 Å². The molecule has 764 valence electrons. The lowest BCUT2D eigenvalue weighted by molar-refractivity contribution is 0.367. The van der Waals surface area contributed by atoms with Crippen LogP contribution in [0.2, 0.25) is 0 Å². The average molecular weight is 2000 g/mol. The molecule has 0 aliphatic carbocycles. The van der Waals surface area contributed by atoms with Gasteiger partial charge in [0.25, 0.3) is 0 Å². The van der Waals surface area contributed by atoms with Gasteiger partial charge in [0.1, 0.15) is 0 Å². The van der Waals surface area contributed by atoms with Gasteiger partial charge in [0, 0.05) is 0 Å². The van der Waals surface area contributed by atoms with Gasteiger partial charge in [-0.2, -0.15) is 0 Å². The van der Waals surface area contributed by atoms with E-state index in [1.54, 1.807) is 0 Å². The van der Waals surface area contributed by atoms with E-state index in [-0.39, 0.29) is 116 Å². The Kier molecular flexibility index (Phi) is 34.3. The van der Waals surface area contributed by atoms with Crippen LogP contribution in [0.5, 0.6) is 138 Å². The minimum Gasteiger partial charge on any atom is -0.504 e. The van der Waals surface area contributed by atoms with Gasteiger partial charge in [-0.15, -0.1) is 0 Å². The smallest absolute Gasteiger partial charge is 0.200 e. The Bertz CT molecular complexity index is 6620. The number of phenolic OH excluding ortho intramolecular Hbond substituents is 24. The minimum absolute atomic E-state index is 0.0655. The molecule has 0 heterocycles. The minimum atomic E-state index is -0.542. The van der Waals surface area contributed by atoms with Gasteiger partial charge in [0.05, 0.1) is 0 Å². The van der Waals surface area contributed by atoms with Gasteiger partial charge in [0.2, 0.25) is 0 Å². The van der Waals surface area contributed by atoms with Crippen molar-refractivity contribution in [3.63, 3.8) is 0 Å². The van der Waals surface area contributed by atoms with Gasteiger partial charge in [-0.25, -0.2) is 0 Å². The number of rotatable bonds is 42. The molecule has 24 heteroatoms. The average Bonchev–Trinajstić information content (AvgIpc) is 0.811. The molecule has 0 bridgehead atoms. The van der Waals surface area contributed by atoms with Crippen LogP contribution < -0.4 is 0 Å². The first-order chi connectivity index (χ1) is 71.1. The number of aryl methyl sites for hydroxylation is 18. The highest BCUT2D eigenvalue weighted by atomic mass is 16.4. The molecule has 0 saturated carbocycles. The van der Waals surface area contributed by atoms with Crippen molar-refractivity contribution in [2.75, 3.05) is 0 Å². The van der Waals surface area contributed by atoms with Crippen LogP contribution in [-0.2, 0) is 141 Å². The van der Waals surface area contributed by atoms with Crippen LogP contribution in [0.1, 0.15) is 158 Å². The van der Waals surface area contributed by atoms with Crippen LogP contribution in [0.25, 0.3) is 0 Å². The zero-order valence-electron chi connectivity index (χ0n) is 81.7. The Morgan fingerprint density at radius 3 is 0.365 bits per heavy atom. The topological polar surface area (TPSA) is 486 Å². The summed E-state index contributed by atoms with van der Waals surface area (Å²) in [6, 6.07) is 91.9. The van der Waals surface area contributed by atoms with E-state index in [9.17, 15) is 123 Å². The van der Waals surface area contributed by atoms with Gasteiger partial charge < -0.3 is 123 Å². The summed E-state index contributed by atoms with van der Waals surface area (Å²) in [4.78, 5) is 0. The fraction of sp³-hybridized carbons (Fsp3) is 0.226. The van der Waals surface area contributed by atoms with E-state index in [1.165, 1.54) is 130 Å². The highest BCUT2D eigenvalue weighted by Crippen LogP contribution is 2.46. The van der Waals surface area contributed by atoms with Crippen LogP contribution in [-0.4, -0.2) is 123 Å². The molecule has 0 unspecified atom stereocenters. The number of benzene rings is 16. The van der Waals surface area contributed by atoms with Crippen LogP contribution in [0, 0.1) is 11.8 Å². The first kappa shape index (κ1) is 105. The van der Waals surface area contributed by atoms with Crippen molar-refractivity contribution in [1.82, 2.24) is 0 Å². The standard InChI is InChI=1S/2C62H62O12/c2*63-51-29-44(30-52(64)59(51)71)17-9-37-1-3-40(4-2-37)23-26-49(27-42-13-5-38(6-14-42)10-18-45-31-53(65)60(72)54(66)32-45)50(48-24-21-41(22-25-48)12-20-47-35-57(69)62(74)58(70)36-47)28-43-15-7-39(8-16-43)11-19-46-33-55(67)61(73)56(68)34-46/h2*1-8,13-16,21-22,24-25,29-36,49-50,63-74H,9-12,17-20,23,26-28H2/t2*49-,50+/m10/s1. The zero-order valence-corrected chi connectivity index (χ0v) is 81.7. The molecule has 4 atom stereocenters. The van der Waals surface area contributed by atoms with Crippen molar-refractivity contribution in [2.24, 2.45) is 11.8 Å². The van der Waals surface area contributed by atoms with Crippen LogP contribution in [0.3, 0.4) is 0 Å². The van der Waals surface area contributed by atoms with Crippen LogP contribution >= 0.6 is 0 Å². The molecular formula is C124H124O24. The summed E-state index contributed by atoms with van der Waals surface area (Å²) >= 11 is 0. The van der Waals surface area contributed by atoms with Crippen molar-refractivity contribution in [3.05, 3.63) is 425 Å². The molecule has 0 spiro atoms. The van der Waals surface area contributed by atoms with E-state index in [0.29, 0.717) is 147 Å². The Morgan fingerprint density at radius 2 is 0.223 bits per heavy atom. The third-order valence-corrected chi connectivity index (χ3v) is 28.3. The van der Waals surface area contributed by atoms with Crippen molar-refractivity contribution in [3.8, 4) is 138 Å². The molecule has 16 aromatic rings. The largest absolute Gasteiger partial charge is 0.504 e. The summed E-state index contributed by atoms with van der Waals surface area (Å²) in [5.41, 5.74) is 23.6. The van der Waals surface area contributed by atoms with Crippen molar-refractivity contribution in [1.29, 1.82) is 0 Å². The summed E-state index contributed by atoms with van der Waals surface area (Å²) in [5, 5.41) is 240. The predicted octanol–water partition coefficient (Wildman–Crippen LogP) is 22.2.